The van der Waals surface area contributed by atoms with Crippen LogP contribution in [0.3, 0.4) is 0 Å². The fourth-order valence-electron chi connectivity index (χ4n) is 2.17. The molecule has 0 aliphatic rings. The predicted molar refractivity (Wildman–Crippen MR) is 84.6 cm³/mol. The summed E-state index contributed by atoms with van der Waals surface area (Å²) in [5.74, 6) is -4.62. The van der Waals surface area contributed by atoms with Crippen molar-refractivity contribution in [3.63, 3.8) is 0 Å². The van der Waals surface area contributed by atoms with E-state index in [1.54, 1.807) is 6.92 Å². The van der Waals surface area contributed by atoms with E-state index >= 15 is 0 Å². The lowest BCUT2D eigenvalue weighted by atomic mass is 9.97. The Bertz CT molecular complexity index is 884. The zero-order chi connectivity index (χ0) is 19.5. The fourth-order valence-corrected chi connectivity index (χ4v) is 2.17. The number of rotatable bonds is 4. The van der Waals surface area contributed by atoms with Gasteiger partial charge in [0.05, 0.1) is 17.3 Å². The van der Waals surface area contributed by atoms with Crippen molar-refractivity contribution in [2.45, 2.75) is 13.1 Å². The number of hydrogen-bond acceptors (Lipinski definition) is 3. The summed E-state index contributed by atoms with van der Waals surface area (Å²) in [5, 5.41) is 11.3. The number of hydrogen-bond donors (Lipinski definition) is 1. The maximum atomic E-state index is 13.7. The van der Waals surface area contributed by atoms with Gasteiger partial charge in [0.2, 0.25) is 5.91 Å². The van der Waals surface area contributed by atoms with Gasteiger partial charge in [-0.2, -0.15) is 18.4 Å². The molecule has 2 aromatic rings. The van der Waals surface area contributed by atoms with Crippen molar-refractivity contribution in [1.82, 2.24) is 0 Å². The first-order chi connectivity index (χ1) is 12.1. The first kappa shape index (κ1) is 19.1. The smallest absolute Gasteiger partial charge is 0.322 e. The summed E-state index contributed by atoms with van der Waals surface area (Å²) in [5.41, 5.74) is -0.752. The molecule has 0 aliphatic heterocycles. The van der Waals surface area contributed by atoms with Crippen LogP contribution in [-0.2, 0) is 11.0 Å². The van der Waals surface area contributed by atoms with E-state index in [1.807, 2.05) is 0 Å². The number of Topliss-reactive ketones (excluding diaryl/α,β-unsaturated/α-hetero) is 1. The molecule has 0 unspecified atom stereocenters. The van der Waals surface area contributed by atoms with Gasteiger partial charge in [-0.15, -0.1) is 0 Å². The van der Waals surface area contributed by atoms with Crippen LogP contribution in [0.15, 0.2) is 42.5 Å². The molecule has 0 aromatic heterocycles. The average molecular weight is 364 g/mol. The minimum absolute atomic E-state index is 0.199. The molecule has 0 bridgehead atoms. The first-order valence-electron chi connectivity index (χ1n) is 7.31. The Morgan fingerprint density at radius 3 is 2.27 bits per heavy atom. The summed E-state index contributed by atoms with van der Waals surface area (Å²) >= 11 is 0. The molecular formula is C18H12F4N2O2. The number of nitrogens with one attached hydrogen (secondary N) is 1. The Hall–Kier alpha value is -3.21. The molecule has 0 radical (unpaired) electrons. The summed E-state index contributed by atoms with van der Waals surface area (Å²) in [6.45, 7) is 1.66. The van der Waals surface area contributed by atoms with Crippen molar-refractivity contribution in [2.24, 2.45) is 5.92 Å². The van der Waals surface area contributed by atoms with E-state index in [2.05, 4.69) is 5.32 Å². The lowest BCUT2D eigenvalue weighted by molar-refractivity contribution is -0.137. The lowest BCUT2D eigenvalue weighted by Gasteiger charge is -2.12. The third kappa shape index (κ3) is 4.25. The van der Waals surface area contributed by atoms with E-state index in [0.717, 1.165) is 18.2 Å². The van der Waals surface area contributed by atoms with Crippen molar-refractivity contribution in [3.05, 3.63) is 65.0 Å². The van der Waals surface area contributed by atoms with Crippen LogP contribution in [0.25, 0.3) is 0 Å². The molecule has 8 heteroatoms. The molecule has 0 spiro atoms. The molecule has 26 heavy (non-hydrogen) atoms. The summed E-state index contributed by atoms with van der Waals surface area (Å²) in [6, 6.07) is 8.53. The average Bonchev–Trinajstić information content (AvgIpc) is 2.58. The Kier molecular flexibility index (Phi) is 5.41. The maximum Gasteiger partial charge on any atom is 0.416 e. The molecule has 1 amide bonds. The number of aryl methyl sites for hydroxylation is 1. The van der Waals surface area contributed by atoms with Crippen molar-refractivity contribution in [2.75, 3.05) is 5.32 Å². The van der Waals surface area contributed by atoms with Gasteiger partial charge < -0.3 is 5.32 Å². The topological polar surface area (TPSA) is 70.0 Å². The standard InChI is InChI=1S/C18H12F4N2O2/c1-10-2-7-14(19)15(8-10)24-17(26)13(9-23)16(25)11-3-5-12(6-4-11)18(20,21)22/h2-8,13H,1H3,(H,24,26)/t13-/m1/s1. The molecule has 0 saturated heterocycles. The van der Waals surface area contributed by atoms with Gasteiger partial charge in [-0.05, 0) is 36.8 Å². The number of ketones is 1. The maximum absolute atomic E-state index is 13.7. The Balaban J connectivity index is 2.21. The summed E-state index contributed by atoms with van der Waals surface area (Å²) in [6.07, 6.45) is -4.57. The van der Waals surface area contributed by atoms with Crippen LogP contribution in [-0.4, -0.2) is 11.7 Å². The molecule has 2 aromatic carbocycles. The minimum Gasteiger partial charge on any atom is -0.322 e. The van der Waals surface area contributed by atoms with Crippen LogP contribution in [0.5, 0.6) is 0 Å². The SMILES string of the molecule is Cc1ccc(F)c(NC(=O)[C@H](C#N)C(=O)c2ccc(C(F)(F)F)cc2)c1. The molecule has 0 saturated carbocycles. The number of anilines is 1. The summed E-state index contributed by atoms with van der Waals surface area (Å²) in [4.78, 5) is 24.4. The molecule has 4 nitrogen and oxygen atoms in total. The van der Waals surface area contributed by atoms with E-state index in [4.69, 9.17) is 5.26 Å². The number of halogens is 4. The van der Waals surface area contributed by atoms with Gasteiger partial charge in [-0.25, -0.2) is 4.39 Å². The number of amides is 1. The van der Waals surface area contributed by atoms with Crippen LogP contribution >= 0.6 is 0 Å². The quantitative estimate of drug-likeness (QED) is 0.504. The molecule has 134 valence electrons. The van der Waals surface area contributed by atoms with Crippen molar-refractivity contribution in [3.8, 4) is 6.07 Å². The molecule has 1 atom stereocenters. The van der Waals surface area contributed by atoms with Gasteiger partial charge in [0.25, 0.3) is 0 Å². The van der Waals surface area contributed by atoms with Crippen LogP contribution in [0.1, 0.15) is 21.5 Å². The zero-order valence-electron chi connectivity index (χ0n) is 13.4. The van der Waals surface area contributed by atoms with E-state index in [0.29, 0.717) is 17.7 Å². The molecule has 0 fully saturated rings. The van der Waals surface area contributed by atoms with Crippen LogP contribution in [0, 0.1) is 30.0 Å². The van der Waals surface area contributed by atoms with Crippen molar-refractivity contribution in [1.29, 1.82) is 5.26 Å². The Labute approximate surface area is 146 Å². The number of carbonyl (C=O) groups excluding carboxylic acids is 2. The van der Waals surface area contributed by atoms with E-state index in [-0.39, 0.29) is 11.3 Å². The second-order valence-electron chi connectivity index (χ2n) is 5.47. The van der Waals surface area contributed by atoms with Gasteiger partial charge in [-0.1, -0.05) is 18.2 Å². The van der Waals surface area contributed by atoms with Crippen LogP contribution in [0.2, 0.25) is 0 Å². The Morgan fingerprint density at radius 1 is 1.12 bits per heavy atom. The van der Waals surface area contributed by atoms with Crippen LogP contribution < -0.4 is 5.32 Å². The fraction of sp³-hybridized carbons (Fsp3) is 0.167. The highest BCUT2D eigenvalue weighted by atomic mass is 19.4. The molecule has 1 N–H and O–H groups in total. The number of benzene rings is 2. The highest BCUT2D eigenvalue weighted by molar-refractivity contribution is 6.15. The summed E-state index contributed by atoms with van der Waals surface area (Å²) < 4.78 is 51.3. The van der Waals surface area contributed by atoms with Gasteiger partial charge in [0.1, 0.15) is 5.82 Å². The minimum atomic E-state index is -4.57. The highest BCUT2D eigenvalue weighted by Gasteiger charge is 2.32. The Morgan fingerprint density at radius 2 is 1.73 bits per heavy atom. The van der Waals surface area contributed by atoms with Gasteiger partial charge in [0.15, 0.2) is 11.7 Å². The molecular weight excluding hydrogens is 352 g/mol. The van der Waals surface area contributed by atoms with Crippen molar-refractivity contribution >= 4 is 17.4 Å². The van der Waals surface area contributed by atoms with Gasteiger partial charge >= 0.3 is 6.18 Å². The monoisotopic (exact) mass is 364 g/mol. The number of nitrogens with zero attached hydrogens (tertiary/aromatic N) is 1. The van der Waals surface area contributed by atoms with Gasteiger partial charge in [-0.3, -0.25) is 9.59 Å². The second-order valence-corrected chi connectivity index (χ2v) is 5.47. The second kappa shape index (κ2) is 7.35. The number of alkyl halides is 3. The predicted octanol–water partition coefficient (Wildman–Crippen LogP) is 4.11. The largest absolute Gasteiger partial charge is 0.416 e. The summed E-state index contributed by atoms with van der Waals surface area (Å²) in [7, 11) is 0. The lowest BCUT2D eigenvalue weighted by Crippen LogP contribution is -2.29. The number of carbonyl (C=O) groups is 2. The molecule has 0 aliphatic carbocycles. The number of nitriles is 1. The van der Waals surface area contributed by atoms with Gasteiger partial charge in [0, 0.05) is 5.56 Å². The highest BCUT2D eigenvalue weighted by Crippen LogP contribution is 2.29. The first-order valence-corrected chi connectivity index (χ1v) is 7.31. The third-order valence-electron chi connectivity index (χ3n) is 3.53. The molecule has 0 heterocycles. The zero-order valence-corrected chi connectivity index (χ0v) is 13.4. The van der Waals surface area contributed by atoms with E-state index in [9.17, 15) is 27.2 Å². The van der Waals surface area contributed by atoms with Crippen LogP contribution in [0.4, 0.5) is 23.2 Å². The van der Waals surface area contributed by atoms with E-state index < -0.39 is 35.2 Å². The normalized spacial score (nSPS) is 12.2. The van der Waals surface area contributed by atoms with Crippen molar-refractivity contribution < 1.29 is 27.2 Å². The van der Waals surface area contributed by atoms with E-state index in [1.165, 1.54) is 18.2 Å². The third-order valence-corrected chi connectivity index (χ3v) is 3.53. The molecule has 2 rings (SSSR count).